The molecule has 2 aliphatic rings. The molecular weight excluding hydrogens is 451 g/mol. The molecule has 0 bridgehead atoms. The van der Waals surface area contributed by atoms with Crippen molar-refractivity contribution in [2.24, 2.45) is 11.5 Å². The van der Waals surface area contributed by atoms with Gasteiger partial charge in [-0.05, 0) is 56.0 Å². The fraction of sp³-hybridized carbons (Fsp3) is 0.524. The van der Waals surface area contributed by atoms with Crippen LogP contribution in [-0.4, -0.2) is 59.0 Å². The lowest BCUT2D eigenvalue weighted by Crippen LogP contribution is -2.51. The molecule has 5 nitrogen and oxygen atoms in total. The van der Waals surface area contributed by atoms with Crippen molar-refractivity contribution in [3.63, 3.8) is 0 Å². The number of nitrogens with two attached hydrogens (primary N) is 2. The van der Waals surface area contributed by atoms with Gasteiger partial charge < -0.3 is 21.1 Å². The summed E-state index contributed by atoms with van der Waals surface area (Å²) < 4.78 is 6.60. The number of alkyl halides is 1. The van der Waals surface area contributed by atoms with E-state index in [1.807, 2.05) is 19.1 Å². The van der Waals surface area contributed by atoms with Crippen LogP contribution < -0.4 is 11.5 Å². The number of piperazine rings is 1. The summed E-state index contributed by atoms with van der Waals surface area (Å²) in [5.74, 6) is 1.49. The maximum atomic E-state index is 6.16. The summed E-state index contributed by atoms with van der Waals surface area (Å²) in [6.07, 6.45) is 10.6. The second-order valence-corrected chi connectivity index (χ2v) is 8.60. The van der Waals surface area contributed by atoms with Crippen molar-refractivity contribution in [1.29, 1.82) is 0 Å². The minimum Gasteiger partial charge on any atom is -0.458 e. The molecule has 1 fully saturated rings. The molecular formula is C21H33IN4O. The highest BCUT2D eigenvalue weighted by atomic mass is 127. The van der Waals surface area contributed by atoms with Crippen molar-refractivity contribution in [1.82, 2.24) is 9.80 Å². The topological polar surface area (TPSA) is 67.8 Å². The Hall–Kier alpha value is -1.09. The Bertz CT molecular complexity index is 643. The van der Waals surface area contributed by atoms with Crippen molar-refractivity contribution in [2.75, 3.05) is 33.2 Å². The Morgan fingerprint density at radius 3 is 2.63 bits per heavy atom. The molecule has 6 heteroatoms. The van der Waals surface area contributed by atoms with E-state index in [9.17, 15) is 0 Å². The van der Waals surface area contributed by atoms with Gasteiger partial charge in [-0.1, -0.05) is 42.2 Å². The number of hydrogen-bond donors (Lipinski definition) is 2. The standard InChI is InChI=1S/C21H33IN4O/c1-5-18(19(8-9-23)15(2)24)16(3)27-17-6-7-20(22)21(14-17)26-12-10-25(4)11-13-26/h6-9,14-15,20-21H,3,5,10-13,23-24H2,1-2,4H3/b9-8-,19-18+. The Labute approximate surface area is 177 Å². The van der Waals surface area contributed by atoms with Crippen molar-refractivity contribution < 1.29 is 4.74 Å². The second-order valence-electron chi connectivity index (χ2n) is 7.16. The molecule has 0 amide bonds. The summed E-state index contributed by atoms with van der Waals surface area (Å²) in [6, 6.07) is 0.214. The molecule has 1 aliphatic carbocycles. The fourth-order valence-corrected chi connectivity index (χ4v) is 4.38. The number of rotatable bonds is 7. The minimum absolute atomic E-state index is 0.132. The third-order valence-corrected chi connectivity index (χ3v) is 6.26. The van der Waals surface area contributed by atoms with Gasteiger partial charge in [-0.25, -0.2) is 0 Å². The van der Waals surface area contributed by atoms with E-state index in [1.54, 1.807) is 0 Å². The molecule has 27 heavy (non-hydrogen) atoms. The van der Waals surface area contributed by atoms with Crippen LogP contribution in [0.2, 0.25) is 0 Å². The van der Waals surface area contributed by atoms with Gasteiger partial charge in [0.15, 0.2) is 0 Å². The summed E-state index contributed by atoms with van der Waals surface area (Å²) >= 11 is 2.51. The van der Waals surface area contributed by atoms with Crippen molar-refractivity contribution >= 4 is 22.6 Å². The molecule has 4 N–H and O–H groups in total. The van der Waals surface area contributed by atoms with Gasteiger partial charge in [-0.15, -0.1) is 0 Å². The van der Waals surface area contributed by atoms with Gasteiger partial charge in [0.05, 0.1) is 0 Å². The number of halogens is 1. The number of hydrogen-bond acceptors (Lipinski definition) is 5. The highest BCUT2D eigenvalue weighted by Gasteiger charge is 2.28. The summed E-state index contributed by atoms with van der Waals surface area (Å²) in [7, 11) is 2.18. The first-order valence-electron chi connectivity index (χ1n) is 9.58. The highest BCUT2D eigenvalue weighted by molar-refractivity contribution is 14.1. The van der Waals surface area contributed by atoms with Crippen LogP contribution in [0.5, 0.6) is 0 Å². The van der Waals surface area contributed by atoms with Crippen LogP contribution in [0.1, 0.15) is 20.3 Å². The zero-order chi connectivity index (χ0) is 20.0. The average Bonchev–Trinajstić information content (AvgIpc) is 2.64. The highest BCUT2D eigenvalue weighted by Crippen LogP contribution is 2.28. The maximum Gasteiger partial charge on any atom is 0.124 e. The summed E-state index contributed by atoms with van der Waals surface area (Å²) in [6.45, 7) is 12.6. The van der Waals surface area contributed by atoms with Crippen LogP contribution in [0.25, 0.3) is 0 Å². The molecule has 1 aliphatic heterocycles. The van der Waals surface area contributed by atoms with Crippen molar-refractivity contribution in [3.8, 4) is 0 Å². The molecule has 0 aromatic carbocycles. The van der Waals surface area contributed by atoms with Gasteiger partial charge in [-0.2, -0.15) is 0 Å². The number of ether oxygens (including phenoxy) is 1. The Morgan fingerprint density at radius 1 is 1.41 bits per heavy atom. The van der Waals surface area contributed by atoms with Gasteiger partial charge in [-0.3, -0.25) is 4.90 Å². The van der Waals surface area contributed by atoms with Crippen molar-refractivity contribution in [2.45, 2.75) is 36.3 Å². The molecule has 0 aromatic heterocycles. The molecule has 1 saturated heterocycles. The Balaban J connectivity index is 2.17. The molecule has 0 aromatic rings. The third-order valence-electron chi connectivity index (χ3n) is 5.11. The zero-order valence-corrected chi connectivity index (χ0v) is 18.9. The van der Waals surface area contributed by atoms with E-state index in [0.29, 0.717) is 15.7 Å². The van der Waals surface area contributed by atoms with Gasteiger partial charge in [0.25, 0.3) is 0 Å². The van der Waals surface area contributed by atoms with Crippen LogP contribution in [0.3, 0.4) is 0 Å². The molecule has 150 valence electrons. The first-order chi connectivity index (χ1) is 12.9. The van der Waals surface area contributed by atoms with E-state index in [2.05, 4.69) is 65.1 Å². The lowest BCUT2D eigenvalue weighted by atomic mass is 9.98. The second kappa shape index (κ2) is 10.5. The number of likely N-dealkylation sites (N-methyl/N-ethyl adjacent to an activating group) is 1. The van der Waals surface area contributed by atoms with Crippen LogP contribution >= 0.6 is 22.6 Å². The minimum atomic E-state index is -0.132. The van der Waals surface area contributed by atoms with Crippen LogP contribution in [0, 0.1) is 0 Å². The summed E-state index contributed by atoms with van der Waals surface area (Å²) in [5, 5.41) is 0. The smallest absolute Gasteiger partial charge is 0.124 e. The van der Waals surface area contributed by atoms with E-state index >= 15 is 0 Å². The summed E-state index contributed by atoms with van der Waals surface area (Å²) in [4.78, 5) is 4.91. The van der Waals surface area contributed by atoms with Gasteiger partial charge in [0.1, 0.15) is 11.5 Å². The van der Waals surface area contributed by atoms with Crippen LogP contribution in [-0.2, 0) is 4.74 Å². The quantitative estimate of drug-likeness (QED) is 0.252. The van der Waals surface area contributed by atoms with E-state index in [1.165, 1.54) is 6.20 Å². The average molecular weight is 484 g/mol. The Morgan fingerprint density at radius 2 is 2.07 bits per heavy atom. The molecule has 0 radical (unpaired) electrons. The molecule has 0 spiro atoms. The predicted octanol–water partition coefficient (Wildman–Crippen LogP) is 2.92. The Kier molecular flexibility index (Phi) is 8.60. The van der Waals surface area contributed by atoms with Crippen LogP contribution in [0.4, 0.5) is 0 Å². The van der Waals surface area contributed by atoms with Gasteiger partial charge >= 0.3 is 0 Å². The fourth-order valence-electron chi connectivity index (χ4n) is 3.51. The maximum absolute atomic E-state index is 6.16. The lowest BCUT2D eigenvalue weighted by Gasteiger charge is -2.39. The van der Waals surface area contributed by atoms with E-state index in [-0.39, 0.29) is 6.04 Å². The number of allylic oxidation sites excluding steroid dienone is 2. The molecule has 2 rings (SSSR count). The predicted molar refractivity (Wildman–Crippen MR) is 122 cm³/mol. The monoisotopic (exact) mass is 484 g/mol. The zero-order valence-electron chi connectivity index (χ0n) is 16.7. The third kappa shape index (κ3) is 5.94. The van der Waals surface area contributed by atoms with E-state index in [4.69, 9.17) is 16.2 Å². The first kappa shape index (κ1) is 22.2. The summed E-state index contributed by atoms with van der Waals surface area (Å²) in [5.41, 5.74) is 13.7. The van der Waals surface area contributed by atoms with Gasteiger partial charge in [0, 0.05) is 42.2 Å². The van der Waals surface area contributed by atoms with Crippen LogP contribution in [0.15, 0.2) is 59.7 Å². The van der Waals surface area contributed by atoms with Gasteiger partial charge in [0.2, 0.25) is 0 Å². The van der Waals surface area contributed by atoms with Crippen molar-refractivity contribution in [3.05, 3.63) is 59.7 Å². The largest absolute Gasteiger partial charge is 0.458 e. The van der Waals surface area contributed by atoms with E-state index < -0.39 is 0 Å². The van der Waals surface area contributed by atoms with E-state index in [0.717, 1.165) is 49.5 Å². The first-order valence-corrected chi connectivity index (χ1v) is 10.8. The molecule has 3 atom stereocenters. The SMILES string of the molecule is C=C(OC1=CC(N2CCN(C)CC2)C(I)C=C1)/C(CC)=C(\C=C/N)C(C)N. The number of nitrogens with zero attached hydrogens (tertiary/aromatic N) is 2. The molecule has 3 unspecified atom stereocenters. The molecule has 0 saturated carbocycles. The normalized spacial score (nSPS) is 26.6. The lowest BCUT2D eigenvalue weighted by molar-refractivity contribution is 0.131. The molecule has 1 heterocycles.